The molecule has 3 rings (SSSR count). The Bertz CT molecular complexity index is 768. The molecule has 0 aliphatic carbocycles. The van der Waals surface area contributed by atoms with Crippen molar-refractivity contribution in [2.75, 3.05) is 37.6 Å². The van der Waals surface area contributed by atoms with Crippen LogP contribution in [-0.4, -0.2) is 47.4 Å². The van der Waals surface area contributed by atoms with E-state index in [0.717, 1.165) is 32.7 Å². The van der Waals surface area contributed by atoms with E-state index in [-0.39, 0.29) is 10.6 Å². The van der Waals surface area contributed by atoms with Gasteiger partial charge in [-0.15, -0.1) is 0 Å². The summed E-state index contributed by atoms with van der Waals surface area (Å²) in [5, 5.41) is 4.50. The highest BCUT2D eigenvalue weighted by Crippen LogP contribution is 2.23. The van der Waals surface area contributed by atoms with Crippen molar-refractivity contribution in [2.45, 2.75) is 0 Å². The number of para-hydroxylation sites is 1. The fraction of sp³-hybridized carbons (Fsp3) is 0.294. The number of hydrogen-bond acceptors (Lipinski definition) is 4. The molecule has 24 heavy (non-hydrogen) atoms. The molecule has 1 aromatic carbocycles. The van der Waals surface area contributed by atoms with Crippen LogP contribution in [0.15, 0.2) is 52.9 Å². The van der Waals surface area contributed by atoms with Gasteiger partial charge in [-0.1, -0.05) is 47.5 Å². The summed E-state index contributed by atoms with van der Waals surface area (Å²) in [5.41, 5.74) is 2.64. The minimum atomic E-state index is -0.298. The van der Waals surface area contributed by atoms with Crippen molar-refractivity contribution < 1.29 is 0 Å². The summed E-state index contributed by atoms with van der Waals surface area (Å²) in [5.74, 6) is 0. The minimum absolute atomic E-state index is 0.211. The summed E-state index contributed by atoms with van der Waals surface area (Å²) < 4.78 is 1.33. The average molecular weight is 365 g/mol. The summed E-state index contributed by atoms with van der Waals surface area (Å²) in [6, 6.07) is 9.27. The van der Waals surface area contributed by atoms with Crippen LogP contribution >= 0.6 is 23.2 Å². The molecule has 2 heterocycles. The number of benzene rings is 1. The number of halogens is 2. The van der Waals surface area contributed by atoms with Crippen LogP contribution in [0.4, 0.5) is 5.69 Å². The molecule has 126 valence electrons. The topological polar surface area (TPSA) is 41.4 Å². The molecule has 0 atom stereocenters. The van der Waals surface area contributed by atoms with Gasteiger partial charge in [0.05, 0.1) is 17.6 Å². The Hall–Kier alpha value is -1.82. The number of rotatable bonds is 4. The second kappa shape index (κ2) is 7.83. The van der Waals surface area contributed by atoms with E-state index in [4.69, 9.17) is 23.2 Å². The van der Waals surface area contributed by atoms with Crippen LogP contribution in [0.5, 0.6) is 0 Å². The van der Waals surface area contributed by atoms with E-state index in [0.29, 0.717) is 11.4 Å². The standard InChI is InChI=1S/C17H18Cl2N4O/c18-7-4-8-21-9-11-22(12-10-21)15-13-20-23(17(24)16(15)19)14-5-2-1-3-6-14/h1-7,13H,8-12H2. The van der Waals surface area contributed by atoms with Crippen molar-refractivity contribution in [1.82, 2.24) is 14.7 Å². The summed E-state index contributed by atoms with van der Waals surface area (Å²) >= 11 is 11.9. The van der Waals surface area contributed by atoms with Crippen molar-refractivity contribution in [3.8, 4) is 5.69 Å². The lowest BCUT2D eigenvalue weighted by Gasteiger charge is -2.35. The SMILES string of the molecule is O=c1c(Cl)c(N2CCN(CC=CCl)CC2)cnn1-c1ccccc1. The molecule has 0 bridgehead atoms. The third kappa shape index (κ3) is 3.64. The molecule has 5 nitrogen and oxygen atoms in total. The summed E-state index contributed by atoms with van der Waals surface area (Å²) in [7, 11) is 0. The number of anilines is 1. The number of hydrogen-bond donors (Lipinski definition) is 0. The van der Waals surface area contributed by atoms with E-state index in [2.05, 4.69) is 14.9 Å². The van der Waals surface area contributed by atoms with Gasteiger partial charge in [0.25, 0.3) is 5.56 Å². The minimum Gasteiger partial charge on any atom is -0.366 e. The van der Waals surface area contributed by atoms with Crippen LogP contribution in [0, 0.1) is 0 Å². The first-order valence-corrected chi connectivity index (χ1v) is 8.58. The molecule has 0 saturated carbocycles. The molecular formula is C17H18Cl2N4O. The second-order valence-corrected chi connectivity index (χ2v) is 6.18. The Labute approximate surface area is 150 Å². The molecule has 0 amide bonds. The third-order valence-corrected chi connectivity index (χ3v) is 4.60. The van der Waals surface area contributed by atoms with E-state index in [1.807, 2.05) is 36.4 Å². The van der Waals surface area contributed by atoms with Crippen LogP contribution in [0.1, 0.15) is 0 Å². The summed E-state index contributed by atoms with van der Waals surface area (Å²) in [6.07, 6.45) is 3.60. The van der Waals surface area contributed by atoms with Crippen molar-refractivity contribution in [1.29, 1.82) is 0 Å². The molecule has 0 spiro atoms. The van der Waals surface area contributed by atoms with Gasteiger partial charge in [0, 0.05) is 38.3 Å². The second-order valence-electron chi connectivity index (χ2n) is 5.55. The molecule has 1 saturated heterocycles. The predicted molar refractivity (Wildman–Crippen MR) is 98.5 cm³/mol. The van der Waals surface area contributed by atoms with Gasteiger partial charge in [0.15, 0.2) is 0 Å². The van der Waals surface area contributed by atoms with Crippen LogP contribution in [0.25, 0.3) is 5.69 Å². The monoisotopic (exact) mass is 364 g/mol. The Morgan fingerprint density at radius 1 is 1.12 bits per heavy atom. The van der Waals surface area contributed by atoms with Crippen LogP contribution in [0.3, 0.4) is 0 Å². The molecule has 1 fully saturated rings. The van der Waals surface area contributed by atoms with E-state index < -0.39 is 0 Å². The lowest BCUT2D eigenvalue weighted by molar-refractivity contribution is 0.284. The predicted octanol–water partition coefficient (Wildman–Crippen LogP) is 2.76. The van der Waals surface area contributed by atoms with E-state index in [9.17, 15) is 4.79 Å². The molecule has 7 heteroatoms. The van der Waals surface area contributed by atoms with Gasteiger partial charge in [0.1, 0.15) is 5.02 Å². The Morgan fingerprint density at radius 2 is 1.83 bits per heavy atom. The zero-order valence-corrected chi connectivity index (χ0v) is 14.6. The average Bonchev–Trinajstić information content (AvgIpc) is 2.63. The lowest BCUT2D eigenvalue weighted by atomic mass is 10.2. The van der Waals surface area contributed by atoms with E-state index in [1.54, 1.807) is 6.20 Å². The van der Waals surface area contributed by atoms with Crippen LogP contribution in [-0.2, 0) is 0 Å². The fourth-order valence-corrected chi connectivity index (χ4v) is 3.09. The van der Waals surface area contributed by atoms with Crippen molar-refractivity contribution in [2.24, 2.45) is 0 Å². The zero-order chi connectivity index (χ0) is 16.9. The van der Waals surface area contributed by atoms with Crippen molar-refractivity contribution in [3.05, 3.63) is 63.5 Å². The van der Waals surface area contributed by atoms with Crippen LogP contribution < -0.4 is 10.5 Å². The number of nitrogens with zero attached hydrogens (tertiary/aromatic N) is 4. The highest BCUT2D eigenvalue weighted by Gasteiger charge is 2.21. The molecule has 1 aliphatic rings. The maximum Gasteiger partial charge on any atom is 0.292 e. The number of aromatic nitrogens is 2. The van der Waals surface area contributed by atoms with E-state index in [1.165, 1.54) is 10.2 Å². The first kappa shape index (κ1) is 17.0. The molecule has 0 unspecified atom stereocenters. The van der Waals surface area contributed by atoms with Gasteiger partial charge < -0.3 is 4.90 Å². The highest BCUT2D eigenvalue weighted by atomic mass is 35.5. The van der Waals surface area contributed by atoms with Crippen molar-refractivity contribution in [3.63, 3.8) is 0 Å². The largest absolute Gasteiger partial charge is 0.366 e. The van der Waals surface area contributed by atoms with Crippen LogP contribution in [0.2, 0.25) is 5.02 Å². The molecule has 1 aromatic heterocycles. The molecule has 0 radical (unpaired) electrons. The highest BCUT2D eigenvalue weighted by molar-refractivity contribution is 6.33. The fourth-order valence-electron chi connectivity index (χ4n) is 2.76. The van der Waals surface area contributed by atoms with E-state index >= 15 is 0 Å². The Balaban J connectivity index is 1.79. The maximum absolute atomic E-state index is 12.5. The first-order valence-electron chi connectivity index (χ1n) is 7.76. The Morgan fingerprint density at radius 3 is 2.50 bits per heavy atom. The van der Waals surface area contributed by atoms with Gasteiger partial charge in [-0.25, -0.2) is 0 Å². The maximum atomic E-state index is 12.5. The quantitative estimate of drug-likeness (QED) is 0.836. The normalized spacial score (nSPS) is 16.0. The summed E-state index contributed by atoms with van der Waals surface area (Å²) in [4.78, 5) is 16.9. The lowest BCUT2D eigenvalue weighted by Crippen LogP contribution is -2.47. The van der Waals surface area contributed by atoms with Gasteiger partial charge in [0.2, 0.25) is 0 Å². The Kier molecular flexibility index (Phi) is 5.56. The zero-order valence-electron chi connectivity index (χ0n) is 13.1. The van der Waals surface area contributed by atoms with Crippen molar-refractivity contribution >= 4 is 28.9 Å². The molecule has 2 aromatic rings. The van der Waals surface area contributed by atoms with Gasteiger partial charge in [-0.3, -0.25) is 9.69 Å². The summed E-state index contributed by atoms with van der Waals surface area (Å²) in [6.45, 7) is 4.20. The molecular weight excluding hydrogens is 347 g/mol. The molecule has 0 N–H and O–H groups in total. The smallest absolute Gasteiger partial charge is 0.292 e. The first-order chi connectivity index (χ1) is 11.7. The van der Waals surface area contributed by atoms with Gasteiger partial charge in [-0.2, -0.15) is 9.78 Å². The van der Waals surface area contributed by atoms with Gasteiger partial charge in [-0.05, 0) is 12.1 Å². The van der Waals surface area contributed by atoms with Gasteiger partial charge >= 0.3 is 0 Å². The number of piperazine rings is 1. The third-order valence-electron chi connectivity index (χ3n) is 4.07. The molecule has 1 aliphatic heterocycles.